The van der Waals surface area contributed by atoms with Crippen LogP contribution in [0.5, 0.6) is 0 Å². The van der Waals surface area contributed by atoms with Gasteiger partial charge in [-0.05, 0) is 70.5 Å². The van der Waals surface area contributed by atoms with Gasteiger partial charge in [-0.1, -0.05) is 82.3 Å². The molecular formula is C30H28N. The Kier molecular flexibility index (Phi) is 4.90. The molecule has 1 heteroatoms. The van der Waals surface area contributed by atoms with Crippen LogP contribution >= 0.6 is 0 Å². The molecule has 5 aromatic rings. The third-order valence-corrected chi connectivity index (χ3v) is 6.18. The van der Waals surface area contributed by atoms with Crippen LogP contribution in [0.15, 0.2) is 84.9 Å². The Morgan fingerprint density at radius 2 is 1.19 bits per heavy atom. The molecule has 0 aliphatic rings. The normalized spacial score (nSPS) is 11.8. The third-order valence-electron chi connectivity index (χ3n) is 6.18. The minimum absolute atomic E-state index is 0.459. The second kappa shape index (κ2) is 7.74. The van der Waals surface area contributed by atoms with Gasteiger partial charge < -0.3 is 4.57 Å². The first-order chi connectivity index (χ1) is 15.0. The molecule has 1 heterocycles. The van der Waals surface area contributed by atoms with Crippen molar-refractivity contribution >= 4 is 21.8 Å². The van der Waals surface area contributed by atoms with Gasteiger partial charge >= 0.3 is 0 Å². The van der Waals surface area contributed by atoms with E-state index in [1.807, 2.05) is 0 Å². The Balaban J connectivity index is 1.77. The van der Waals surface area contributed by atoms with E-state index < -0.39 is 0 Å². The van der Waals surface area contributed by atoms with Crippen molar-refractivity contribution in [2.45, 2.75) is 39.5 Å². The Morgan fingerprint density at radius 3 is 1.87 bits per heavy atom. The van der Waals surface area contributed by atoms with E-state index in [4.69, 9.17) is 0 Å². The SMILES string of the molecule is CC(C)c1[c]c(C(C)C)cc(-c2ccc3c(c2)c2ccccc2n3-c2ccccc2)c1. The Bertz CT molecular complexity index is 1340. The number of hydrogen-bond acceptors (Lipinski definition) is 0. The van der Waals surface area contributed by atoms with E-state index in [-0.39, 0.29) is 0 Å². The summed E-state index contributed by atoms with van der Waals surface area (Å²) in [6, 6.07) is 34.5. The maximum atomic E-state index is 3.64. The summed E-state index contributed by atoms with van der Waals surface area (Å²) >= 11 is 0. The number of hydrogen-bond donors (Lipinski definition) is 0. The van der Waals surface area contributed by atoms with Crippen molar-refractivity contribution in [1.82, 2.24) is 4.57 Å². The number of fused-ring (bicyclic) bond motifs is 3. The van der Waals surface area contributed by atoms with Gasteiger partial charge in [0.2, 0.25) is 0 Å². The lowest BCUT2D eigenvalue weighted by atomic mass is 9.90. The fraction of sp³-hybridized carbons (Fsp3) is 0.200. The van der Waals surface area contributed by atoms with E-state index in [1.165, 1.54) is 49.7 Å². The number of nitrogens with zero attached hydrogens (tertiary/aromatic N) is 1. The lowest BCUT2D eigenvalue weighted by molar-refractivity contribution is 0.831. The number of rotatable bonds is 4. The zero-order valence-electron chi connectivity index (χ0n) is 18.7. The largest absolute Gasteiger partial charge is 0.309 e. The fourth-order valence-corrected chi connectivity index (χ4v) is 4.41. The van der Waals surface area contributed by atoms with E-state index in [2.05, 4.69) is 123 Å². The minimum atomic E-state index is 0.459. The van der Waals surface area contributed by atoms with Crippen molar-refractivity contribution in [3.63, 3.8) is 0 Å². The highest BCUT2D eigenvalue weighted by molar-refractivity contribution is 6.10. The predicted octanol–water partition coefficient (Wildman–Crippen LogP) is 8.50. The molecular weight excluding hydrogens is 374 g/mol. The highest BCUT2D eigenvalue weighted by atomic mass is 15.0. The summed E-state index contributed by atoms with van der Waals surface area (Å²) in [7, 11) is 0. The van der Waals surface area contributed by atoms with Crippen molar-refractivity contribution in [3.8, 4) is 16.8 Å². The average molecular weight is 403 g/mol. The molecule has 5 rings (SSSR count). The summed E-state index contributed by atoms with van der Waals surface area (Å²) in [5.74, 6) is 0.919. The van der Waals surface area contributed by atoms with Crippen LogP contribution in [0, 0.1) is 6.07 Å². The van der Waals surface area contributed by atoms with Gasteiger partial charge in [0.15, 0.2) is 0 Å². The lowest BCUT2D eigenvalue weighted by Crippen LogP contribution is -1.96. The fourth-order valence-electron chi connectivity index (χ4n) is 4.41. The van der Waals surface area contributed by atoms with E-state index in [1.54, 1.807) is 0 Å². The van der Waals surface area contributed by atoms with E-state index in [9.17, 15) is 0 Å². The molecule has 0 N–H and O–H groups in total. The second-order valence-corrected chi connectivity index (χ2v) is 9.01. The van der Waals surface area contributed by atoms with Gasteiger partial charge in [0.25, 0.3) is 0 Å². The summed E-state index contributed by atoms with van der Waals surface area (Å²) in [5, 5.41) is 2.58. The molecule has 1 nitrogen and oxygen atoms in total. The van der Waals surface area contributed by atoms with Crippen LogP contribution in [0.1, 0.15) is 50.7 Å². The van der Waals surface area contributed by atoms with Crippen LogP contribution in [-0.4, -0.2) is 4.57 Å². The summed E-state index contributed by atoms with van der Waals surface area (Å²) in [6.45, 7) is 8.99. The molecule has 1 aromatic heterocycles. The zero-order chi connectivity index (χ0) is 21.5. The van der Waals surface area contributed by atoms with Crippen LogP contribution in [0.25, 0.3) is 38.6 Å². The highest BCUT2D eigenvalue weighted by Crippen LogP contribution is 2.36. The van der Waals surface area contributed by atoms with E-state index >= 15 is 0 Å². The van der Waals surface area contributed by atoms with Crippen molar-refractivity contribution in [2.75, 3.05) is 0 Å². The lowest BCUT2D eigenvalue weighted by Gasteiger charge is -2.14. The summed E-state index contributed by atoms with van der Waals surface area (Å²) in [5.41, 5.74) is 8.80. The van der Waals surface area contributed by atoms with Crippen LogP contribution in [-0.2, 0) is 0 Å². The maximum absolute atomic E-state index is 3.64. The molecule has 4 aromatic carbocycles. The molecule has 0 saturated carbocycles. The first-order valence-electron chi connectivity index (χ1n) is 11.2. The van der Waals surface area contributed by atoms with Crippen molar-refractivity contribution in [1.29, 1.82) is 0 Å². The molecule has 0 amide bonds. The number of aromatic nitrogens is 1. The van der Waals surface area contributed by atoms with Gasteiger partial charge in [-0.25, -0.2) is 0 Å². The van der Waals surface area contributed by atoms with Crippen molar-refractivity contribution in [2.24, 2.45) is 0 Å². The monoisotopic (exact) mass is 402 g/mol. The molecule has 31 heavy (non-hydrogen) atoms. The Morgan fingerprint density at radius 1 is 0.581 bits per heavy atom. The van der Waals surface area contributed by atoms with Gasteiger partial charge in [-0.15, -0.1) is 0 Å². The quantitative estimate of drug-likeness (QED) is 0.284. The molecule has 0 bridgehead atoms. The number of para-hydroxylation sites is 2. The van der Waals surface area contributed by atoms with Crippen LogP contribution in [0.4, 0.5) is 0 Å². The van der Waals surface area contributed by atoms with Gasteiger partial charge in [-0.2, -0.15) is 0 Å². The summed E-state index contributed by atoms with van der Waals surface area (Å²) in [6.07, 6.45) is 0. The molecule has 0 aliphatic carbocycles. The molecule has 0 saturated heterocycles. The van der Waals surface area contributed by atoms with Crippen LogP contribution in [0.2, 0.25) is 0 Å². The Hall–Kier alpha value is -3.32. The molecule has 0 spiro atoms. The summed E-state index contributed by atoms with van der Waals surface area (Å²) < 4.78 is 2.37. The first-order valence-corrected chi connectivity index (χ1v) is 11.2. The van der Waals surface area contributed by atoms with Gasteiger partial charge in [0, 0.05) is 16.5 Å². The minimum Gasteiger partial charge on any atom is -0.309 e. The van der Waals surface area contributed by atoms with Crippen molar-refractivity contribution in [3.05, 3.63) is 102 Å². The van der Waals surface area contributed by atoms with Crippen LogP contribution in [0.3, 0.4) is 0 Å². The van der Waals surface area contributed by atoms with Gasteiger partial charge in [-0.3, -0.25) is 0 Å². The van der Waals surface area contributed by atoms with Crippen LogP contribution < -0.4 is 0 Å². The maximum Gasteiger partial charge on any atom is 0.0541 e. The van der Waals surface area contributed by atoms with E-state index in [0.717, 1.165) is 0 Å². The molecule has 0 aliphatic heterocycles. The first kappa shape index (κ1) is 19.6. The third kappa shape index (κ3) is 3.45. The Labute approximate surface area is 185 Å². The molecule has 0 atom stereocenters. The average Bonchev–Trinajstić information content (AvgIpc) is 3.13. The van der Waals surface area contributed by atoms with Gasteiger partial charge in [0.05, 0.1) is 11.0 Å². The van der Waals surface area contributed by atoms with E-state index in [0.29, 0.717) is 11.8 Å². The van der Waals surface area contributed by atoms with Gasteiger partial charge in [0.1, 0.15) is 0 Å². The molecule has 153 valence electrons. The van der Waals surface area contributed by atoms with Crippen molar-refractivity contribution < 1.29 is 0 Å². The molecule has 0 fully saturated rings. The topological polar surface area (TPSA) is 4.93 Å². The molecule has 1 radical (unpaired) electrons. The second-order valence-electron chi connectivity index (χ2n) is 9.01. The number of benzene rings is 4. The predicted molar refractivity (Wildman–Crippen MR) is 133 cm³/mol. The smallest absolute Gasteiger partial charge is 0.0541 e. The summed E-state index contributed by atoms with van der Waals surface area (Å²) in [4.78, 5) is 0. The zero-order valence-corrected chi connectivity index (χ0v) is 18.7. The highest BCUT2D eigenvalue weighted by Gasteiger charge is 2.14. The standard InChI is InChI=1S/C30H28N/c1-20(2)23-16-24(21(3)4)18-25(17-23)22-14-15-30-28(19-22)27-12-8-9-13-29(27)31(30)26-10-6-5-7-11-26/h5-15,17-21H,1-4H3. The molecule has 0 unspecified atom stereocenters.